The van der Waals surface area contributed by atoms with Crippen molar-refractivity contribution in [3.63, 3.8) is 0 Å². The molecule has 1 aromatic carbocycles. The molecular weight excluding hydrogens is 321 g/mol. The zero-order chi connectivity index (χ0) is 15.5. The number of amides is 1. The normalized spacial score (nSPS) is 18.3. The van der Waals surface area contributed by atoms with Gasteiger partial charge in [-0.2, -0.15) is 0 Å². The summed E-state index contributed by atoms with van der Waals surface area (Å²) in [5, 5.41) is 4.16. The highest BCUT2D eigenvalue weighted by molar-refractivity contribution is 6.42. The van der Waals surface area contributed by atoms with Crippen LogP contribution in [-0.2, 0) is 0 Å². The third kappa shape index (κ3) is 3.09. The smallest absolute Gasteiger partial charge is 0.254 e. The van der Waals surface area contributed by atoms with Crippen LogP contribution in [0.3, 0.4) is 0 Å². The second-order valence-electron chi connectivity index (χ2n) is 5.13. The van der Waals surface area contributed by atoms with Crippen LogP contribution in [0.5, 0.6) is 0 Å². The molecule has 1 aliphatic heterocycles. The van der Waals surface area contributed by atoms with Gasteiger partial charge in [0.2, 0.25) is 0 Å². The molecule has 0 radical (unpaired) electrons. The van der Waals surface area contributed by atoms with Crippen molar-refractivity contribution < 1.29 is 4.79 Å². The molecule has 1 unspecified atom stereocenters. The summed E-state index contributed by atoms with van der Waals surface area (Å²) >= 11 is 11.9. The van der Waals surface area contributed by atoms with Crippen molar-refractivity contribution >= 4 is 29.1 Å². The highest BCUT2D eigenvalue weighted by Crippen LogP contribution is 2.27. The molecule has 1 saturated heterocycles. The lowest BCUT2D eigenvalue weighted by atomic mass is 10.0. The van der Waals surface area contributed by atoms with Crippen molar-refractivity contribution in [3.05, 3.63) is 63.9 Å². The summed E-state index contributed by atoms with van der Waals surface area (Å²) in [6.45, 7) is 2.11. The van der Waals surface area contributed by atoms with Gasteiger partial charge in [0.25, 0.3) is 5.91 Å². The quantitative estimate of drug-likeness (QED) is 0.916. The molecule has 2 heterocycles. The number of piperazine rings is 1. The molecule has 1 fully saturated rings. The summed E-state index contributed by atoms with van der Waals surface area (Å²) in [6.07, 6.45) is 3.53. The fraction of sp³-hybridized carbons (Fsp3) is 0.250. The van der Waals surface area contributed by atoms with Crippen LogP contribution in [0.25, 0.3) is 0 Å². The summed E-state index contributed by atoms with van der Waals surface area (Å²) in [5.41, 5.74) is 1.56. The number of nitrogens with zero attached hydrogens (tertiary/aromatic N) is 2. The summed E-state index contributed by atoms with van der Waals surface area (Å²) in [7, 11) is 0. The van der Waals surface area contributed by atoms with Gasteiger partial charge in [0.15, 0.2) is 0 Å². The highest BCUT2D eigenvalue weighted by Gasteiger charge is 2.28. The standard InChI is InChI=1S/C16H15Cl2N3O/c17-13-4-3-11(8-14(13)18)16(22)21-7-6-20-10-15(21)12-2-1-5-19-9-12/h1-5,8-9,15,20H,6-7,10H2. The molecule has 0 bridgehead atoms. The zero-order valence-electron chi connectivity index (χ0n) is 11.8. The van der Waals surface area contributed by atoms with Crippen molar-refractivity contribution in [2.45, 2.75) is 6.04 Å². The van der Waals surface area contributed by atoms with E-state index in [0.717, 1.165) is 12.1 Å². The van der Waals surface area contributed by atoms with Gasteiger partial charge in [0.05, 0.1) is 16.1 Å². The topological polar surface area (TPSA) is 45.2 Å². The summed E-state index contributed by atoms with van der Waals surface area (Å²) < 4.78 is 0. The van der Waals surface area contributed by atoms with E-state index in [1.54, 1.807) is 30.6 Å². The van der Waals surface area contributed by atoms with Gasteiger partial charge < -0.3 is 10.2 Å². The van der Waals surface area contributed by atoms with Crippen LogP contribution >= 0.6 is 23.2 Å². The molecule has 22 heavy (non-hydrogen) atoms. The average molecular weight is 336 g/mol. The van der Waals surface area contributed by atoms with Crippen LogP contribution in [0.4, 0.5) is 0 Å². The number of carbonyl (C=O) groups is 1. The number of pyridine rings is 1. The maximum Gasteiger partial charge on any atom is 0.254 e. The van der Waals surface area contributed by atoms with Crippen LogP contribution in [0.2, 0.25) is 10.0 Å². The van der Waals surface area contributed by atoms with E-state index in [1.165, 1.54) is 0 Å². The molecule has 114 valence electrons. The van der Waals surface area contributed by atoms with Crippen LogP contribution in [-0.4, -0.2) is 35.4 Å². The average Bonchev–Trinajstić information content (AvgIpc) is 2.57. The number of nitrogens with one attached hydrogen (secondary N) is 1. The van der Waals surface area contributed by atoms with Crippen molar-refractivity contribution in [2.24, 2.45) is 0 Å². The molecule has 1 amide bonds. The van der Waals surface area contributed by atoms with E-state index in [-0.39, 0.29) is 11.9 Å². The second kappa shape index (κ2) is 6.65. The fourth-order valence-electron chi connectivity index (χ4n) is 2.61. The first-order valence-corrected chi connectivity index (χ1v) is 7.79. The molecule has 0 spiro atoms. The van der Waals surface area contributed by atoms with Gasteiger partial charge in [-0.15, -0.1) is 0 Å². The number of benzene rings is 1. The second-order valence-corrected chi connectivity index (χ2v) is 5.95. The number of halogens is 2. The maximum absolute atomic E-state index is 12.8. The van der Waals surface area contributed by atoms with Gasteiger partial charge in [-0.05, 0) is 29.8 Å². The van der Waals surface area contributed by atoms with E-state index < -0.39 is 0 Å². The van der Waals surface area contributed by atoms with Crippen molar-refractivity contribution in [3.8, 4) is 0 Å². The SMILES string of the molecule is O=C(c1ccc(Cl)c(Cl)c1)N1CCNCC1c1cccnc1. The van der Waals surface area contributed by atoms with E-state index in [4.69, 9.17) is 23.2 Å². The Morgan fingerprint density at radius 3 is 2.86 bits per heavy atom. The molecule has 1 aromatic heterocycles. The predicted octanol–water partition coefficient (Wildman–Crippen LogP) is 3.18. The van der Waals surface area contributed by atoms with E-state index in [2.05, 4.69) is 10.3 Å². The van der Waals surface area contributed by atoms with Gasteiger partial charge in [-0.25, -0.2) is 0 Å². The number of carbonyl (C=O) groups excluding carboxylic acids is 1. The van der Waals surface area contributed by atoms with Gasteiger partial charge in [-0.1, -0.05) is 29.3 Å². The Morgan fingerprint density at radius 1 is 1.27 bits per heavy atom. The Morgan fingerprint density at radius 2 is 2.14 bits per heavy atom. The molecule has 6 heteroatoms. The lowest BCUT2D eigenvalue weighted by molar-refractivity contribution is 0.0634. The largest absolute Gasteiger partial charge is 0.329 e. The van der Waals surface area contributed by atoms with Gasteiger partial charge in [0.1, 0.15) is 0 Å². The highest BCUT2D eigenvalue weighted by atomic mass is 35.5. The minimum Gasteiger partial charge on any atom is -0.329 e. The van der Waals surface area contributed by atoms with Crippen LogP contribution in [0.1, 0.15) is 22.0 Å². The number of rotatable bonds is 2. The molecule has 2 aromatic rings. The lowest BCUT2D eigenvalue weighted by Crippen LogP contribution is -2.48. The molecule has 1 atom stereocenters. The third-order valence-electron chi connectivity index (χ3n) is 3.74. The van der Waals surface area contributed by atoms with Crippen molar-refractivity contribution in [1.82, 2.24) is 15.2 Å². The summed E-state index contributed by atoms with van der Waals surface area (Å²) in [6, 6.07) is 8.81. The first-order chi connectivity index (χ1) is 10.7. The molecule has 1 N–H and O–H groups in total. The summed E-state index contributed by atoms with van der Waals surface area (Å²) in [5.74, 6) is -0.0473. The molecular formula is C16H15Cl2N3O. The Balaban J connectivity index is 1.90. The molecule has 4 nitrogen and oxygen atoms in total. The first-order valence-electron chi connectivity index (χ1n) is 7.03. The van der Waals surface area contributed by atoms with Crippen LogP contribution in [0, 0.1) is 0 Å². The van der Waals surface area contributed by atoms with Gasteiger partial charge in [0, 0.05) is 37.6 Å². The van der Waals surface area contributed by atoms with E-state index in [0.29, 0.717) is 28.7 Å². The predicted molar refractivity (Wildman–Crippen MR) is 87.3 cm³/mol. The van der Waals surface area contributed by atoms with Crippen molar-refractivity contribution in [1.29, 1.82) is 0 Å². The molecule has 3 rings (SSSR count). The minimum atomic E-state index is -0.0473. The molecule has 1 aliphatic rings. The van der Waals surface area contributed by atoms with Gasteiger partial charge >= 0.3 is 0 Å². The Kier molecular flexibility index (Phi) is 4.62. The van der Waals surface area contributed by atoms with E-state index in [9.17, 15) is 4.79 Å². The lowest BCUT2D eigenvalue weighted by Gasteiger charge is -2.36. The Bertz CT molecular complexity index is 678. The number of aromatic nitrogens is 1. The van der Waals surface area contributed by atoms with Gasteiger partial charge in [-0.3, -0.25) is 9.78 Å². The van der Waals surface area contributed by atoms with E-state index >= 15 is 0 Å². The van der Waals surface area contributed by atoms with Crippen LogP contribution in [0.15, 0.2) is 42.7 Å². The minimum absolute atomic E-state index is 0.0376. The van der Waals surface area contributed by atoms with E-state index in [1.807, 2.05) is 17.0 Å². The first kappa shape index (κ1) is 15.3. The fourth-order valence-corrected chi connectivity index (χ4v) is 2.91. The summed E-state index contributed by atoms with van der Waals surface area (Å²) in [4.78, 5) is 18.8. The molecule has 0 saturated carbocycles. The van der Waals surface area contributed by atoms with Crippen molar-refractivity contribution in [2.75, 3.05) is 19.6 Å². The molecule has 0 aliphatic carbocycles. The number of hydrogen-bond donors (Lipinski definition) is 1. The monoisotopic (exact) mass is 335 g/mol. The Labute approximate surface area is 139 Å². The van der Waals surface area contributed by atoms with Crippen LogP contribution < -0.4 is 5.32 Å². The number of hydrogen-bond acceptors (Lipinski definition) is 3. The third-order valence-corrected chi connectivity index (χ3v) is 4.48. The zero-order valence-corrected chi connectivity index (χ0v) is 13.3. The maximum atomic E-state index is 12.8. The Hall–Kier alpha value is -1.62.